The lowest BCUT2D eigenvalue weighted by Gasteiger charge is -2.30. The topological polar surface area (TPSA) is 153 Å². The highest BCUT2D eigenvalue weighted by atomic mass is 32.2. The van der Waals surface area contributed by atoms with Gasteiger partial charge in [-0.2, -0.15) is 0 Å². The number of hydrogen-bond donors (Lipinski definition) is 1. The summed E-state index contributed by atoms with van der Waals surface area (Å²) in [5, 5.41) is 13.8. The molecule has 3 heterocycles. The van der Waals surface area contributed by atoms with Crippen LogP contribution in [0.15, 0.2) is 96.6 Å². The highest BCUT2D eigenvalue weighted by molar-refractivity contribution is 7.99. The molecule has 0 fully saturated rings. The molecule has 14 heteroatoms. The summed E-state index contributed by atoms with van der Waals surface area (Å²) in [4.78, 5) is 66.7. The summed E-state index contributed by atoms with van der Waals surface area (Å²) in [5.41, 5.74) is 1.45. The average Bonchev–Trinajstić information content (AvgIpc) is 3.37. The van der Waals surface area contributed by atoms with Crippen molar-refractivity contribution in [3.63, 3.8) is 0 Å². The number of amides is 1. The average molecular weight is 697 g/mol. The van der Waals surface area contributed by atoms with E-state index in [1.807, 2.05) is 50.2 Å². The first kappa shape index (κ1) is 33.6. The molecule has 0 saturated carbocycles. The number of nitrogens with zero attached hydrogens (tertiary/aromatic N) is 5. The maximum absolute atomic E-state index is 14.6. The van der Waals surface area contributed by atoms with Crippen molar-refractivity contribution in [2.45, 2.75) is 43.8 Å². The minimum atomic E-state index is -0.881. The zero-order chi connectivity index (χ0) is 35.0. The number of benzene rings is 3. The van der Waals surface area contributed by atoms with E-state index in [0.717, 1.165) is 33.9 Å². The quantitative estimate of drug-likeness (QED) is 0.132. The smallest absolute Gasteiger partial charge is 0.271 e. The Balaban J connectivity index is 1.62. The molecule has 0 bridgehead atoms. The predicted molar refractivity (Wildman–Crippen MR) is 189 cm³/mol. The van der Waals surface area contributed by atoms with Crippen LogP contribution in [0.25, 0.3) is 16.8 Å². The van der Waals surface area contributed by atoms with Crippen LogP contribution in [-0.2, 0) is 4.79 Å². The van der Waals surface area contributed by atoms with Crippen LogP contribution in [0.2, 0.25) is 0 Å². The van der Waals surface area contributed by atoms with Gasteiger partial charge in [-0.1, -0.05) is 53.4 Å². The van der Waals surface area contributed by atoms with Gasteiger partial charge in [0.2, 0.25) is 0 Å². The van der Waals surface area contributed by atoms with Gasteiger partial charge in [0.15, 0.2) is 9.96 Å². The molecule has 1 aliphatic rings. The van der Waals surface area contributed by atoms with Crippen LogP contribution in [-0.4, -0.2) is 50.5 Å². The summed E-state index contributed by atoms with van der Waals surface area (Å²) in [6.45, 7) is 8.18. The molecule has 250 valence electrons. The molecular weight excluding hydrogens is 665 g/mol. The van der Waals surface area contributed by atoms with E-state index in [1.54, 1.807) is 38.0 Å². The second-order valence-corrected chi connectivity index (χ2v) is 13.3. The lowest BCUT2D eigenvalue weighted by atomic mass is 9.90. The van der Waals surface area contributed by atoms with Gasteiger partial charge in [0.05, 0.1) is 27.8 Å². The van der Waals surface area contributed by atoms with Crippen LogP contribution in [0.5, 0.6) is 5.75 Å². The van der Waals surface area contributed by atoms with Gasteiger partial charge in [-0.15, -0.1) is 0 Å². The Hall–Kier alpha value is -5.34. The minimum absolute atomic E-state index is 0.171. The summed E-state index contributed by atoms with van der Waals surface area (Å²) in [6.07, 6.45) is 1.58. The first-order valence-electron chi connectivity index (χ1n) is 15.5. The molecule has 2 aromatic heterocycles. The second kappa shape index (κ2) is 13.6. The van der Waals surface area contributed by atoms with Crippen LogP contribution >= 0.6 is 23.1 Å². The fourth-order valence-corrected chi connectivity index (χ4v) is 7.94. The summed E-state index contributed by atoms with van der Waals surface area (Å²) in [5.74, 6) is 0.271. The Kier molecular flexibility index (Phi) is 9.35. The van der Waals surface area contributed by atoms with Crippen LogP contribution in [0.4, 0.5) is 5.69 Å². The van der Waals surface area contributed by atoms with Crippen LogP contribution in [0.3, 0.4) is 0 Å². The number of carbonyl (C=O) groups excluding carboxylic acids is 1. The summed E-state index contributed by atoms with van der Waals surface area (Å²) in [6, 6.07) is 16.3. The van der Waals surface area contributed by atoms with Gasteiger partial charge in [-0.25, -0.2) is 9.98 Å². The van der Waals surface area contributed by atoms with Gasteiger partial charge in [0.25, 0.3) is 22.7 Å². The van der Waals surface area contributed by atoms with Crippen molar-refractivity contribution in [2.75, 3.05) is 20.2 Å². The van der Waals surface area contributed by atoms with Crippen LogP contribution in [0.1, 0.15) is 43.6 Å². The van der Waals surface area contributed by atoms with Crippen LogP contribution < -0.4 is 25.2 Å². The van der Waals surface area contributed by atoms with E-state index in [1.165, 1.54) is 22.8 Å². The van der Waals surface area contributed by atoms with Crippen molar-refractivity contribution < 1.29 is 14.5 Å². The number of H-pyrrole nitrogens is 1. The lowest BCUT2D eigenvalue weighted by molar-refractivity contribution is -0.384. The van der Waals surface area contributed by atoms with E-state index in [0.29, 0.717) is 61.8 Å². The molecule has 5 aromatic rings. The van der Waals surface area contributed by atoms with Gasteiger partial charge >= 0.3 is 0 Å². The first-order valence-corrected chi connectivity index (χ1v) is 17.1. The third-order valence-electron chi connectivity index (χ3n) is 8.27. The fraction of sp³-hybridized carbons (Fsp3) is 0.229. The molecule has 1 N–H and O–H groups in total. The zero-order valence-corrected chi connectivity index (χ0v) is 29.0. The third-order valence-corrected chi connectivity index (χ3v) is 10.2. The molecule has 0 aliphatic carbocycles. The van der Waals surface area contributed by atoms with Crippen molar-refractivity contribution in [2.24, 2.45) is 4.99 Å². The van der Waals surface area contributed by atoms with Crippen molar-refractivity contribution in [3.05, 3.63) is 129 Å². The number of aryl methyl sites for hydroxylation is 1. The number of ether oxygens (including phenoxy) is 1. The number of carbonyl (C=O) groups is 1. The molecule has 3 aromatic carbocycles. The molecule has 0 radical (unpaired) electrons. The molecule has 6 rings (SSSR count). The maximum atomic E-state index is 14.6. The number of methoxy groups -OCH3 is 1. The first-order chi connectivity index (χ1) is 23.5. The number of fused-ring (bicyclic) bond motifs is 2. The van der Waals surface area contributed by atoms with E-state index in [-0.39, 0.29) is 21.7 Å². The summed E-state index contributed by atoms with van der Waals surface area (Å²) >= 11 is 2.24. The highest BCUT2D eigenvalue weighted by Crippen LogP contribution is 2.40. The number of aromatic nitrogens is 3. The third kappa shape index (κ3) is 6.32. The Labute approximate surface area is 288 Å². The van der Waals surface area contributed by atoms with Gasteiger partial charge in [-0.3, -0.25) is 29.1 Å². The number of thiazole rings is 1. The molecule has 0 spiro atoms. The predicted octanol–water partition coefficient (Wildman–Crippen LogP) is 4.72. The van der Waals surface area contributed by atoms with Crippen molar-refractivity contribution in [1.82, 2.24) is 19.4 Å². The fourth-order valence-electron chi connectivity index (χ4n) is 5.99. The SMILES string of the molecule is CCN(CC)C(=O)C1=C(C)N=c2s/c(=C\c3cc([N+](=O)[O-])ccc3Sc3nc(C)cc(=O)[nH]3)c(=O)n2[C@@H]1c1c(OC)ccc2ccccc12. The Morgan fingerprint density at radius 1 is 1.12 bits per heavy atom. The normalized spacial score (nSPS) is 14.5. The number of nitrogens with one attached hydrogen (secondary N) is 1. The number of allylic oxidation sites excluding steroid dienone is 1. The summed E-state index contributed by atoms with van der Waals surface area (Å²) in [7, 11) is 1.55. The van der Waals surface area contributed by atoms with Gasteiger partial charge < -0.3 is 14.6 Å². The highest BCUT2D eigenvalue weighted by Gasteiger charge is 2.36. The van der Waals surface area contributed by atoms with E-state index < -0.39 is 16.5 Å². The molecule has 0 unspecified atom stereocenters. The van der Waals surface area contributed by atoms with E-state index in [9.17, 15) is 24.5 Å². The molecule has 12 nitrogen and oxygen atoms in total. The van der Waals surface area contributed by atoms with Gasteiger partial charge in [0, 0.05) is 47.4 Å². The number of nitro groups is 1. The molecule has 49 heavy (non-hydrogen) atoms. The number of rotatable bonds is 9. The molecule has 0 saturated heterocycles. The van der Waals surface area contributed by atoms with Crippen molar-refractivity contribution in [3.8, 4) is 5.75 Å². The second-order valence-electron chi connectivity index (χ2n) is 11.2. The van der Waals surface area contributed by atoms with E-state index >= 15 is 0 Å². The Bertz CT molecular complexity index is 2430. The standard InChI is InChI=1S/C35H32N6O6S2/c1-6-39(7-2)33(44)29-20(4)37-35-40(31(29)30-24-11-9-8-10-21(24)12-14-25(30)47-5)32(43)27(49-35)18-22-17-23(41(45)46)13-15-26(22)48-34-36-19(3)16-28(42)38-34/h8-18,31H,6-7H2,1-5H3,(H,36,38,42)/b27-18-/t31-/m0/s1. The monoisotopic (exact) mass is 696 g/mol. The molecular formula is C35H32N6O6S2. The lowest BCUT2D eigenvalue weighted by Crippen LogP contribution is -2.43. The number of nitro benzene ring substituents is 1. The van der Waals surface area contributed by atoms with Gasteiger partial charge in [0.1, 0.15) is 11.8 Å². The van der Waals surface area contributed by atoms with E-state index in [2.05, 4.69) is 9.97 Å². The van der Waals surface area contributed by atoms with Crippen molar-refractivity contribution in [1.29, 1.82) is 0 Å². The Morgan fingerprint density at radius 3 is 2.57 bits per heavy atom. The number of likely N-dealkylation sites (N-methyl/N-ethyl adjacent to an activating group) is 1. The minimum Gasteiger partial charge on any atom is -0.496 e. The number of hydrogen-bond acceptors (Lipinski definition) is 10. The molecule has 1 aliphatic heterocycles. The largest absolute Gasteiger partial charge is 0.496 e. The molecule has 1 amide bonds. The number of non-ortho nitro benzene ring substituents is 1. The maximum Gasteiger partial charge on any atom is 0.271 e. The van der Waals surface area contributed by atoms with Crippen LogP contribution in [0, 0.1) is 17.0 Å². The summed E-state index contributed by atoms with van der Waals surface area (Å²) < 4.78 is 7.64. The number of aromatic amines is 1. The van der Waals surface area contributed by atoms with Gasteiger partial charge in [-0.05, 0) is 62.2 Å². The zero-order valence-electron chi connectivity index (χ0n) is 27.3. The Morgan fingerprint density at radius 2 is 1.88 bits per heavy atom. The molecule has 1 atom stereocenters. The van der Waals surface area contributed by atoms with E-state index in [4.69, 9.17) is 9.73 Å². The van der Waals surface area contributed by atoms with Crippen molar-refractivity contribution >= 4 is 51.5 Å².